The first-order chi connectivity index (χ1) is 13.5. The fraction of sp³-hybridized carbons (Fsp3) is 0.591. The van der Waals surface area contributed by atoms with Gasteiger partial charge in [0.05, 0.1) is 0 Å². The summed E-state index contributed by atoms with van der Waals surface area (Å²) < 4.78 is 0. The van der Waals surface area contributed by atoms with E-state index in [4.69, 9.17) is 0 Å². The zero-order valence-electron chi connectivity index (χ0n) is 18.4. The van der Waals surface area contributed by atoms with E-state index in [1.165, 1.54) is 0 Å². The van der Waals surface area contributed by atoms with Gasteiger partial charge >= 0.3 is 6.03 Å². The minimum Gasteiger partial charge on any atom is -0.351 e. The van der Waals surface area contributed by atoms with E-state index < -0.39 is 11.6 Å². The predicted molar refractivity (Wildman–Crippen MR) is 113 cm³/mol. The highest BCUT2D eigenvalue weighted by molar-refractivity contribution is 6.09. The van der Waals surface area contributed by atoms with Crippen molar-refractivity contribution in [3.8, 4) is 0 Å². The summed E-state index contributed by atoms with van der Waals surface area (Å²) in [7, 11) is 3.98. The van der Waals surface area contributed by atoms with Crippen LogP contribution in [0.25, 0.3) is 0 Å². The molecule has 160 valence electrons. The quantitative estimate of drug-likeness (QED) is 0.654. The second-order valence-electron chi connectivity index (χ2n) is 9.02. The molecule has 0 bridgehead atoms. The summed E-state index contributed by atoms with van der Waals surface area (Å²) in [5.41, 5.74) is -0.532. The minimum absolute atomic E-state index is 0.0665. The van der Waals surface area contributed by atoms with Crippen LogP contribution in [0, 0.1) is 5.41 Å². The van der Waals surface area contributed by atoms with Gasteiger partial charge < -0.3 is 15.5 Å². The molecular weight excluding hydrogens is 368 g/mol. The van der Waals surface area contributed by atoms with E-state index in [-0.39, 0.29) is 29.8 Å². The normalized spacial score (nSPS) is 20.7. The fourth-order valence-electron chi connectivity index (χ4n) is 3.62. The lowest BCUT2D eigenvalue weighted by Crippen LogP contribution is -2.50. The SMILES string of the molecule is CCC1(c2ccccc2)NC(=O)N(CC(=O)NC(CCN(C)C)C(C)(C)C)C1=O. The Morgan fingerprint density at radius 3 is 2.34 bits per heavy atom. The maximum Gasteiger partial charge on any atom is 0.325 e. The lowest BCUT2D eigenvalue weighted by molar-refractivity contribution is -0.135. The van der Waals surface area contributed by atoms with Gasteiger partial charge in [0.1, 0.15) is 12.1 Å². The van der Waals surface area contributed by atoms with Gasteiger partial charge in [0.25, 0.3) is 5.91 Å². The molecule has 0 radical (unpaired) electrons. The van der Waals surface area contributed by atoms with Gasteiger partial charge in [-0.15, -0.1) is 0 Å². The second-order valence-corrected chi connectivity index (χ2v) is 9.02. The van der Waals surface area contributed by atoms with Crippen molar-refractivity contribution in [1.29, 1.82) is 0 Å². The molecule has 2 N–H and O–H groups in total. The lowest BCUT2D eigenvalue weighted by Gasteiger charge is -2.33. The molecule has 1 aliphatic heterocycles. The minimum atomic E-state index is -1.12. The van der Waals surface area contributed by atoms with Crippen molar-refractivity contribution in [3.05, 3.63) is 35.9 Å². The number of nitrogens with zero attached hydrogens (tertiary/aromatic N) is 2. The average molecular weight is 403 g/mol. The average Bonchev–Trinajstić information content (AvgIpc) is 2.89. The van der Waals surface area contributed by atoms with Crippen LogP contribution in [0.4, 0.5) is 4.79 Å². The standard InChI is InChI=1S/C22H34N4O3/c1-7-22(16-11-9-8-10-12-16)19(28)26(20(29)24-22)15-18(27)23-17(21(2,3)4)13-14-25(5)6/h8-12,17H,7,13-15H2,1-6H3,(H,23,27)(H,24,29). The smallest absolute Gasteiger partial charge is 0.325 e. The van der Waals surface area contributed by atoms with E-state index in [1.807, 2.05) is 51.4 Å². The summed E-state index contributed by atoms with van der Waals surface area (Å²) in [6.07, 6.45) is 1.19. The summed E-state index contributed by atoms with van der Waals surface area (Å²) in [6, 6.07) is 8.57. The van der Waals surface area contributed by atoms with Gasteiger partial charge in [0.2, 0.25) is 5.91 Å². The molecule has 1 saturated heterocycles. The highest BCUT2D eigenvalue weighted by Crippen LogP contribution is 2.32. The van der Waals surface area contributed by atoms with Gasteiger partial charge in [-0.3, -0.25) is 14.5 Å². The Bertz CT molecular complexity index is 742. The van der Waals surface area contributed by atoms with Crippen molar-refractivity contribution in [3.63, 3.8) is 0 Å². The zero-order chi connectivity index (χ0) is 21.8. The van der Waals surface area contributed by atoms with Crippen LogP contribution < -0.4 is 10.6 Å². The molecule has 29 heavy (non-hydrogen) atoms. The third-order valence-electron chi connectivity index (χ3n) is 5.52. The molecular formula is C22H34N4O3. The van der Waals surface area contributed by atoms with Crippen molar-refractivity contribution in [1.82, 2.24) is 20.4 Å². The summed E-state index contributed by atoms with van der Waals surface area (Å²) in [5.74, 6) is -0.709. The Morgan fingerprint density at radius 2 is 1.83 bits per heavy atom. The Balaban J connectivity index is 2.13. The molecule has 2 unspecified atom stereocenters. The number of hydrogen-bond donors (Lipinski definition) is 2. The Labute approximate surface area is 173 Å². The number of urea groups is 1. The van der Waals surface area contributed by atoms with Gasteiger partial charge in [0, 0.05) is 6.04 Å². The molecule has 1 fully saturated rings. The summed E-state index contributed by atoms with van der Waals surface area (Å²) in [5, 5.41) is 5.84. The van der Waals surface area contributed by atoms with Gasteiger partial charge in [-0.2, -0.15) is 0 Å². The van der Waals surface area contributed by atoms with Crippen LogP contribution >= 0.6 is 0 Å². The second kappa shape index (κ2) is 8.95. The molecule has 2 rings (SSSR count). The molecule has 2 atom stereocenters. The molecule has 1 heterocycles. The van der Waals surface area contributed by atoms with Crippen molar-refractivity contribution in [2.45, 2.75) is 52.1 Å². The van der Waals surface area contributed by atoms with Gasteiger partial charge in [-0.25, -0.2) is 4.79 Å². The number of amides is 4. The molecule has 1 aliphatic rings. The first-order valence-corrected chi connectivity index (χ1v) is 10.1. The lowest BCUT2D eigenvalue weighted by atomic mass is 9.84. The number of carbonyl (C=O) groups excluding carboxylic acids is 3. The number of imide groups is 1. The van der Waals surface area contributed by atoms with E-state index in [0.717, 1.165) is 23.4 Å². The van der Waals surface area contributed by atoms with Gasteiger partial charge in [-0.05, 0) is 44.5 Å². The van der Waals surface area contributed by atoms with E-state index in [9.17, 15) is 14.4 Å². The van der Waals surface area contributed by atoms with Crippen molar-refractivity contribution < 1.29 is 14.4 Å². The Morgan fingerprint density at radius 1 is 1.21 bits per heavy atom. The molecule has 0 aliphatic carbocycles. The largest absolute Gasteiger partial charge is 0.351 e. The first-order valence-electron chi connectivity index (χ1n) is 10.1. The van der Waals surface area contributed by atoms with Crippen LogP contribution in [0.15, 0.2) is 30.3 Å². The van der Waals surface area contributed by atoms with E-state index in [0.29, 0.717) is 6.42 Å². The predicted octanol–water partition coefficient (Wildman–Crippen LogP) is 2.33. The summed E-state index contributed by atoms with van der Waals surface area (Å²) in [4.78, 5) is 41.6. The van der Waals surface area contributed by atoms with Crippen molar-refractivity contribution in [2.75, 3.05) is 27.2 Å². The molecule has 1 aromatic carbocycles. The number of benzene rings is 1. The van der Waals surface area contributed by atoms with Crippen LogP contribution in [0.5, 0.6) is 0 Å². The number of hydrogen-bond acceptors (Lipinski definition) is 4. The van der Waals surface area contributed by atoms with E-state index in [1.54, 1.807) is 0 Å². The van der Waals surface area contributed by atoms with Crippen LogP contribution in [0.3, 0.4) is 0 Å². The first kappa shape index (κ1) is 22.9. The monoisotopic (exact) mass is 402 g/mol. The van der Waals surface area contributed by atoms with Crippen LogP contribution in [-0.4, -0.2) is 60.9 Å². The molecule has 0 aromatic heterocycles. The third-order valence-corrected chi connectivity index (χ3v) is 5.52. The van der Waals surface area contributed by atoms with Crippen LogP contribution in [0.1, 0.15) is 46.1 Å². The number of nitrogens with one attached hydrogen (secondary N) is 2. The number of carbonyl (C=O) groups is 3. The molecule has 0 spiro atoms. The highest BCUT2D eigenvalue weighted by atomic mass is 16.2. The summed E-state index contributed by atoms with van der Waals surface area (Å²) in [6.45, 7) is 8.61. The van der Waals surface area contributed by atoms with Crippen LogP contribution in [-0.2, 0) is 15.1 Å². The fourth-order valence-corrected chi connectivity index (χ4v) is 3.62. The maximum absolute atomic E-state index is 13.2. The Hall–Kier alpha value is -2.41. The molecule has 7 heteroatoms. The van der Waals surface area contributed by atoms with Gasteiger partial charge in [0.15, 0.2) is 0 Å². The topological polar surface area (TPSA) is 81.8 Å². The van der Waals surface area contributed by atoms with Crippen LogP contribution in [0.2, 0.25) is 0 Å². The molecule has 7 nitrogen and oxygen atoms in total. The maximum atomic E-state index is 13.2. The molecule has 4 amide bonds. The van der Waals surface area contributed by atoms with E-state index >= 15 is 0 Å². The van der Waals surface area contributed by atoms with Crippen molar-refractivity contribution >= 4 is 17.8 Å². The molecule has 1 aromatic rings. The van der Waals surface area contributed by atoms with Gasteiger partial charge in [-0.1, -0.05) is 58.0 Å². The highest BCUT2D eigenvalue weighted by Gasteiger charge is 2.51. The summed E-state index contributed by atoms with van der Waals surface area (Å²) >= 11 is 0. The Kier molecular flexibility index (Phi) is 7.06. The zero-order valence-corrected chi connectivity index (χ0v) is 18.4. The third kappa shape index (κ3) is 5.15. The number of rotatable bonds is 8. The van der Waals surface area contributed by atoms with Crippen molar-refractivity contribution in [2.24, 2.45) is 5.41 Å². The molecule has 0 saturated carbocycles. The van der Waals surface area contributed by atoms with E-state index in [2.05, 4.69) is 36.3 Å².